The third-order valence-corrected chi connectivity index (χ3v) is 3.43. The number of carbonyl (C=O) groups excluding carboxylic acids is 1. The van der Waals surface area contributed by atoms with Gasteiger partial charge in [-0.15, -0.1) is 0 Å². The minimum absolute atomic E-state index is 0.184. The summed E-state index contributed by atoms with van der Waals surface area (Å²) in [5.74, 6) is -0.571. The van der Waals surface area contributed by atoms with Gasteiger partial charge in [-0.25, -0.2) is 9.48 Å². The van der Waals surface area contributed by atoms with Gasteiger partial charge in [0.05, 0.1) is 21.3 Å². The molecule has 10 heteroatoms. The van der Waals surface area contributed by atoms with E-state index in [2.05, 4.69) is 9.84 Å². The molecule has 2 aromatic rings. The fourth-order valence-electron chi connectivity index (χ4n) is 2.15. The number of benzene rings is 1. The normalized spacial score (nSPS) is 11.9. The lowest BCUT2D eigenvalue weighted by molar-refractivity contribution is -0.141. The minimum atomic E-state index is -4.58. The summed E-state index contributed by atoms with van der Waals surface area (Å²) in [7, 11) is 3.86. The largest absolute Gasteiger partial charge is 0.500 e. The van der Waals surface area contributed by atoms with Crippen LogP contribution in [0.1, 0.15) is 11.3 Å². The van der Waals surface area contributed by atoms with Crippen LogP contribution in [0.25, 0.3) is 5.69 Å². The van der Waals surface area contributed by atoms with E-state index >= 15 is 0 Å². The molecule has 0 aliphatic heterocycles. The lowest BCUT2D eigenvalue weighted by Crippen LogP contribution is -2.12. The van der Waals surface area contributed by atoms with Crippen molar-refractivity contribution in [1.82, 2.24) is 9.78 Å². The highest BCUT2D eigenvalue weighted by atomic mass is 19.4. The fraction of sp³-hybridized carbons (Fsp3) is 0.294. The average Bonchev–Trinajstić information content (AvgIpc) is 3.12. The Morgan fingerprint density at radius 2 is 1.89 bits per heavy atom. The van der Waals surface area contributed by atoms with E-state index < -0.39 is 17.8 Å². The second-order valence-corrected chi connectivity index (χ2v) is 5.24. The number of alkyl halides is 3. The van der Waals surface area contributed by atoms with Gasteiger partial charge < -0.3 is 18.9 Å². The Hall–Kier alpha value is -3.17. The van der Waals surface area contributed by atoms with Crippen LogP contribution < -0.4 is 9.47 Å². The lowest BCUT2D eigenvalue weighted by atomic mass is 10.2. The summed E-state index contributed by atoms with van der Waals surface area (Å²) in [4.78, 5) is 11.7. The molecule has 0 unspecified atom stereocenters. The molecule has 0 aliphatic rings. The molecule has 0 fully saturated rings. The molecule has 0 aliphatic carbocycles. The molecule has 27 heavy (non-hydrogen) atoms. The van der Waals surface area contributed by atoms with Crippen molar-refractivity contribution in [2.45, 2.75) is 13.1 Å². The first-order valence-corrected chi connectivity index (χ1v) is 7.52. The van der Waals surface area contributed by atoms with Crippen molar-refractivity contribution < 1.29 is 36.9 Å². The summed E-state index contributed by atoms with van der Waals surface area (Å²) in [6.07, 6.45) is -2.39. The molecule has 1 aromatic carbocycles. The summed E-state index contributed by atoms with van der Waals surface area (Å²) < 4.78 is 59.6. The van der Waals surface area contributed by atoms with E-state index in [4.69, 9.17) is 14.2 Å². The van der Waals surface area contributed by atoms with Crippen LogP contribution in [0.4, 0.5) is 13.2 Å². The Kier molecular flexibility index (Phi) is 5.98. The number of hydrogen-bond acceptors (Lipinski definition) is 6. The lowest BCUT2D eigenvalue weighted by Gasteiger charge is -2.15. The molecule has 0 N–H and O–H groups in total. The second-order valence-electron chi connectivity index (χ2n) is 5.24. The number of aromatic nitrogens is 2. The highest BCUT2D eigenvalue weighted by molar-refractivity contribution is 5.86. The van der Waals surface area contributed by atoms with Gasteiger partial charge in [0, 0.05) is 12.3 Å². The molecule has 0 saturated carbocycles. The number of hydrogen-bond donors (Lipinski definition) is 0. The Balaban J connectivity index is 2.50. The van der Waals surface area contributed by atoms with Crippen LogP contribution in [0.2, 0.25) is 0 Å². The van der Waals surface area contributed by atoms with E-state index in [-0.39, 0.29) is 22.9 Å². The molecule has 146 valence electrons. The molecule has 0 bridgehead atoms. The number of esters is 1. The minimum Gasteiger partial charge on any atom is -0.500 e. The molecular weight excluding hydrogens is 369 g/mol. The van der Waals surface area contributed by atoms with Crippen LogP contribution in [-0.2, 0) is 20.4 Å². The quantitative estimate of drug-likeness (QED) is 0.431. The van der Waals surface area contributed by atoms with Gasteiger partial charge >= 0.3 is 12.1 Å². The van der Waals surface area contributed by atoms with Crippen LogP contribution in [0.15, 0.2) is 36.4 Å². The number of aryl methyl sites for hydroxylation is 1. The Morgan fingerprint density at radius 1 is 1.19 bits per heavy atom. The van der Waals surface area contributed by atoms with E-state index in [0.29, 0.717) is 5.56 Å². The zero-order chi connectivity index (χ0) is 20.2. The van der Waals surface area contributed by atoms with Crippen LogP contribution in [0.5, 0.6) is 11.5 Å². The second kappa shape index (κ2) is 8.02. The smallest absolute Gasteiger partial charge is 0.435 e. The van der Waals surface area contributed by atoms with E-state index in [9.17, 15) is 18.0 Å². The maximum absolute atomic E-state index is 12.8. The maximum Gasteiger partial charge on any atom is 0.435 e. The zero-order valence-electron chi connectivity index (χ0n) is 15.0. The van der Waals surface area contributed by atoms with Gasteiger partial charge in [0.1, 0.15) is 23.4 Å². The summed E-state index contributed by atoms with van der Waals surface area (Å²) in [5.41, 5.74) is -0.304. The first-order chi connectivity index (χ1) is 12.7. The molecule has 1 aromatic heterocycles. The standard InChI is InChI=1S/C17H17F3N2O5/c1-10-7-13(25-3)11(22-6-5-15(21-22)17(18,19)20)8-12(10)27-14(9-24-2)16(23)26-4/h5-9H,1-4H3/b14-9-. The van der Waals surface area contributed by atoms with Gasteiger partial charge in [0.2, 0.25) is 5.76 Å². The summed E-state index contributed by atoms with van der Waals surface area (Å²) in [6.45, 7) is 1.67. The molecule has 0 saturated heterocycles. The van der Waals surface area contributed by atoms with Crippen molar-refractivity contribution in [3.63, 3.8) is 0 Å². The Morgan fingerprint density at radius 3 is 2.41 bits per heavy atom. The highest BCUT2D eigenvalue weighted by Crippen LogP contribution is 2.34. The molecule has 2 rings (SSSR count). The molecular formula is C17H17F3N2O5. The summed E-state index contributed by atoms with van der Waals surface area (Å²) in [6, 6.07) is 3.78. The fourth-order valence-corrected chi connectivity index (χ4v) is 2.15. The number of methoxy groups -OCH3 is 3. The van der Waals surface area contributed by atoms with E-state index in [1.54, 1.807) is 13.0 Å². The van der Waals surface area contributed by atoms with Crippen molar-refractivity contribution in [1.29, 1.82) is 0 Å². The predicted molar refractivity (Wildman–Crippen MR) is 87.6 cm³/mol. The van der Waals surface area contributed by atoms with Crippen molar-refractivity contribution in [2.75, 3.05) is 21.3 Å². The number of halogens is 3. The summed E-state index contributed by atoms with van der Waals surface area (Å²) in [5, 5.41) is 3.52. The number of carbonyl (C=O) groups is 1. The Bertz CT molecular complexity index is 859. The van der Waals surface area contributed by atoms with Crippen LogP contribution in [0.3, 0.4) is 0 Å². The zero-order valence-corrected chi connectivity index (χ0v) is 15.0. The topological polar surface area (TPSA) is 71.8 Å². The SMILES string of the molecule is CO/C=C(\Oc1cc(-n2ccc(C(F)(F)F)n2)c(OC)cc1C)C(=O)OC. The molecule has 0 radical (unpaired) electrons. The van der Waals surface area contributed by atoms with E-state index in [0.717, 1.165) is 23.2 Å². The van der Waals surface area contributed by atoms with Crippen LogP contribution in [0, 0.1) is 6.92 Å². The van der Waals surface area contributed by atoms with Crippen LogP contribution >= 0.6 is 0 Å². The third-order valence-electron chi connectivity index (χ3n) is 3.43. The molecule has 0 amide bonds. The average molecular weight is 386 g/mol. The molecule has 0 atom stereocenters. The summed E-state index contributed by atoms with van der Waals surface area (Å²) >= 11 is 0. The first kappa shape index (κ1) is 20.1. The van der Waals surface area contributed by atoms with E-state index in [1.165, 1.54) is 27.4 Å². The van der Waals surface area contributed by atoms with Gasteiger partial charge in [-0.05, 0) is 24.6 Å². The van der Waals surface area contributed by atoms with E-state index in [1.807, 2.05) is 0 Å². The molecule has 0 spiro atoms. The van der Waals surface area contributed by atoms with Gasteiger partial charge in [-0.2, -0.15) is 18.3 Å². The number of nitrogens with zero attached hydrogens (tertiary/aromatic N) is 2. The van der Waals surface area contributed by atoms with Crippen molar-refractivity contribution in [3.8, 4) is 17.2 Å². The van der Waals surface area contributed by atoms with Crippen LogP contribution in [-0.4, -0.2) is 37.1 Å². The van der Waals surface area contributed by atoms with Crippen molar-refractivity contribution in [2.24, 2.45) is 0 Å². The number of ether oxygens (including phenoxy) is 4. The van der Waals surface area contributed by atoms with Gasteiger partial charge in [0.25, 0.3) is 0 Å². The van der Waals surface area contributed by atoms with Gasteiger partial charge in [-0.3, -0.25) is 0 Å². The molecule has 7 nitrogen and oxygen atoms in total. The van der Waals surface area contributed by atoms with Crippen molar-refractivity contribution >= 4 is 5.97 Å². The van der Waals surface area contributed by atoms with Crippen molar-refractivity contribution in [3.05, 3.63) is 47.7 Å². The predicted octanol–water partition coefficient (Wildman–Crippen LogP) is 3.25. The maximum atomic E-state index is 12.8. The first-order valence-electron chi connectivity index (χ1n) is 7.52. The monoisotopic (exact) mass is 386 g/mol. The Labute approximate surface area is 152 Å². The van der Waals surface area contributed by atoms with Gasteiger partial charge in [0.15, 0.2) is 5.69 Å². The number of rotatable bonds is 6. The van der Waals surface area contributed by atoms with Gasteiger partial charge in [-0.1, -0.05) is 0 Å². The third kappa shape index (κ3) is 4.52. The molecule has 1 heterocycles. The highest BCUT2D eigenvalue weighted by Gasteiger charge is 2.34.